The fraction of sp³-hybridized carbons (Fsp3) is 0.261. The summed E-state index contributed by atoms with van der Waals surface area (Å²) in [6, 6.07) is 15.5. The second kappa shape index (κ2) is 10.3. The number of benzene rings is 2. The number of nitrogens with one attached hydrogen (secondary N) is 2. The number of piperidine rings is 1. The quantitative estimate of drug-likeness (QED) is 0.425. The molecular weight excluding hydrogens is 478 g/mol. The minimum atomic E-state index is -3.90. The second-order valence-electron chi connectivity index (χ2n) is 7.93. The van der Waals surface area contributed by atoms with Crippen molar-refractivity contribution in [1.29, 1.82) is 0 Å². The number of carboxylic acids is 1. The minimum absolute atomic E-state index is 0.0609. The van der Waals surface area contributed by atoms with Gasteiger partial charge in [-0.15, -0.1) is 0 Å². The van der Waals surface area contributed by atoms with Gasteiger partial charge in [0, 0.05) is 24.7 Å². The van der Waals surface area contributed by atoms with E-state index in [1.165, 1.54) is 30.5 Å². The molecule has 0 saturated carbocycles. The lowest BCUT2D eigenvalue weighted by Gasteiger charge is -2.30. The molecule has 1 fully saturated rings. The molecule has 0 spiro atoms. The molecule has 9 nitrogen and oxygen atoms in total. The number of rotatable bonds is 8. The van der Waals surface area contributed by atoms with Crippen molar-refractivity contribution in [1.82, 2.24) is 9.97 Å². The van der Waals surface area contributed by atoms with Gasteiger partial charge in [-0.1, -0.05) is 41.9 Å². The highest BCUT2D eigenvalue weighted by Crippen LogP contribution is 2.27. The van der Waals surface area contributed by atoms with Gasteiger partial charge in [0.15, 0.2) is 5.82 Å². The van der Waals surface area contributed by atoms with Gasteiger partial charge in [-0.25, -0.2) is 13.4 Å². The maximum Gasteiger partial charge on any atom is 0.306 e. The van der Waals surface area contributed by atoms with Gasteiger partial charge in [0.2, 0.25) is 5.95 Å². The zero-order valence-electron chi connectivity index (χ0n) is 18.2. The standard InChI is InChI=1S/C23H24ClN5O4S/c24-18-6-8-19(9-7-18)34(32,33)28-20-15-26-23(29-12-10-17(11-13-29)22(30)31)27-21(20)25-14-16-4-2-1-3-5-16/h1-9,15,17,28H,10-14H2,(H,30,31)(H,25,26,27). The van der Waals surface area contributed by atoms with Crippen LogP contribution in [0.4, 0.5) is 17.5 Å². The average molecular weight is 502 g/mol. The number of carbonyl (C=O) groups is 1. The maximum atomic E-state index is 12.9. The summed E-state index contributed by atoms with van der Waals surface area (Å²) < 4.78 is 28.4. The monoisotopic (exact) mass is 501 g/mol. The highest BCUT2D eigenvalue weighted by atomic mass is 35.5. The molecule has 2 aromatic carbocycles. The Morgan fingerprint density at radius 2 is 1.76 bits per heavy atom. The average Bonchev–Trinajstić information content (AvgIpc) is 2.84. The highest BCUT2D eigenvalue weighted by Gasteiger charge is 2.26. The van der Waals surface area contributed by atoms with Crippen LogP contribution in [0.15, 0.2) is 65.7 Å². The lowest BCUT2D eigenvalue weighted by molar-refractivity contribution is -0.142. The van der Waals surface area contributed by atoms with Crippen LogP contribution in [0.1, 0.15) is 18.4 Å². The summed E-state index contributed by atoms with van der Waals surface area (Å²) in [6.45, 7) is 1.43. The normalized spacial score (nSPS) is 14.6. The van der Waals surface area contributed by atoms with Crippen LogP contribution in [0.5, 0.6) is 0 Å². The van der Waals surface area contributed by atoms with Gasteiger partial charge in [-0.3, -0.25) is 9.52 Å². The molecule has 1 aliphatic heterocycles. The van der Waals surface area contributed by atoms with Gasteiger partial charge < -0.3 is 15.3 Å². The van der Waals surface area contributed by atoms with Crippen molar-refractivity contribution < 1.29 is 18.3 Å². The fourth-order valence-corrected chi connectivity index (χ4v) is 4.84. The highest BCUT2D eigenvalue weighted by molar-refractivity contribution is 7.92. The van der Waals surface area contributed by atoms with Crippen molar-refractivity contribution in [3.63, 3.8) is 0 Å². The number of aromatic nitrogens is 2. The number of aliphatic carboxylic acids is 1. The van der Waals surface area contributed by atoms with Gasteiger partial charge in [0.1, 0.15) is 5.69 Å². The summed E-state index contributed by atoms with van der Waals surface area (Å²) >= 11 is 5.88. The van der Waals surface area contributed by atoms with Crippen molar-refractivity contribution in [2.24, 2.45) is 5.92 Å². The van der Waals surface area contributed by atoms with Crippen molar-refractivity contribution in [2.45, 2.75) is 24.3 Å². The summed E-state index contributed by atoms with van der Waals surface area (Å²) in [4.78, 5) is 22.2. The van der Waals surface area contributed by atoms with Crippen LogP contribution in [0.2, 0.25) is 5.02 Å². The van der Waals surface area contributed by atoms with Crippen LogP contribution in [0.25, 0.3) is 0 Å². The zero-order valence-corrected chi connectivity index (χ0v) is 19.8. The Bertz CT molecular complexity index is 1250. The summed E-state index contributed by atoms with van der Waals surface area (Å²) in [5, 5.41) is 12.9. The molecule has 1 aromatic heterocycles. The van der Waals surface area contributed by atoms with Gasteiger partial charge in [0.05, 0.1) is 17.0 Å². The van der Waals surface area contributed by atoms with Gasteiger partial charge in [-0.05, 0) is 42.7 Å². The van der Waals surface area contributed by atoms with Crippen molar-refractivity contribution in [2.75, 3.05) is 28.0 Å². The first-order valence-electron chi connectivity index (χ1n) is 10.7. The summed E-state index contributed by atoms with van der Waals surface area (Å²) in [7, 11) is -3.90. The Morgan fingerprint density at radius 1 is 1.09 bits per heavy atom. The lowest BCUT2D eigenvalue weighted by Crippen LogP contribution is -2.37. The molecule has 3 aromatic rings. The lowest BCUT2D eigenvalue weighted by atomic mass is 9.97. The van der Waals surface area contributed by atoms with Crippen LogP contribution in [0.3, 0.4) is 0 Å². The van der Waals surface area contributed by atoms with Crippen LogP contribution in [-0.2, 0) is 21.4 Å². The van der Waals surface area contributed by atoms with Crippen molar-refractivity contribution in [3.05, 3.63) is 71.4 Å². The second-order valence-corrected chi connectivity index (χ2v) is 10.0. The summed E-state index contributed by atoms with van der Waals surface area (Å²) in [5.41, 5.74) is 1.20. The molecule has 0 radical (unpaired) electrons. The van der Waals surface area contributed by atoms with Crippen LogP contribution < -0.4 is 14.9 Å². The molecule has 11 heteroatoms. The van der Waals surface area contributed by atoms with E-state index in [9.17, 15) is 18.3 Å². The van der Waals surface area contributed by atoms with E-state index in [1.54, 1.807) is 0 Å². The molecule has 178 valence electrons. The third-order valence-electron chi connectivity index (χ3n) is 5.57. The molecule has 0 bridgehead atoms. The number of carboxylic acid groups (broad SMARTS) is 1. The molecule has 0 aliphatic carbocycles. The van der Waals surface area contributed by atoms with E-state index in [0.29, 0.717) is 49.3 Å². The number of hydrogen-bond acceptors (Lipinski definition) is 7. The maximum absolute atomic E-state index is 12.9. The Labute approximate surface area is 202 Å². The Morgan fingerprint density at radius 3 is 2.41 bits per heavy atom. The van der Waals surface area contributed by atoms with E-state index in [2.05, 4.69) is 20.0 Å². The Balaban J connectivity index is 1.59. The SMILES string of the molecule is O=C(O)C1CCN(c2ncc(NS(=O)(=O)c3ccc(Cl)cc3)c(NCc3ccccc3)n2)CC1. The molecular formula is C23H24ClN5O4S. The molecule has 0 amide bonds. The number of anilines is 3. The molecule has 1 saturated heterocycles. The van der Waals surface area contributed by atoms with Gasteiger partial charge >= 0.3 is 5.97 Å². The molecule has 0 atom stereocenters. The van der Waals surface area contributed by atoms with E-state index in [1.807, 2.05) is 35.2 Å². The molecule has 4 rings (SSSR count). The van der Waals surface area contributed by atoms with Crippen LogP contribution >= 0.6 is 11.6 Å². The summed E-state index contributed by atoms with van der Waals surface area (Å²) in [6.07, 6.45) is 2.42. The number of hydrogen-bond donors (Lipinski definition) is 3. The third kappa shape index (κ3) is 5.75. The zero-order chi connectivity index (χ0) is 24.1. The van der Waals surface area contributed by atoms with Gasteiger partial charge in [0.25, 0.3) is 10.0 Å². The van der Waals surface area contributed by atoms with Crippen LogP contribution in [0, 0.1) is 5.92 Å². The topological polar surface area (TPSA) is 125 Å². The Hall–Kier alpha value is -3.37. The molecule has 34 heavy (non-hydrogen) atoms. The largest absolute Gasteiger partial charge is 0.481 e. The van der Waals surface area contributed by atoms with E-state index in [-0.39, 0.29) is 16.5 Å². The molecule has 1 aliphatic rings. The predicted molar refractivity (Wildman–Crippen MR) is 131 cm³/mol. The molecule has 3 N–H and O–H groups in total. The first-order chi connectivity index (χ1) is 16.3. The first kappa shape index (κ1) is 23.8. The summed E-state index contributed by atoms with van der Waals surface area (Å²) in [5.74, 6) is -0.435. The van der Waals surface area contributed by atoms with E-state index in [0.717, 1.165) is 5.56 Å². The van der Waals surface area contributed by atoms with E-state index in [4.69, 9.17) is 11.6 Å². The Kier molecular flexibility index (Phi) is 7.18. The predicted octanol–water partition coefficient (Wildman–Crippen LogP) is 3.84. The van der Waals surface area contributed by atoms with Crippen molar-refractivity contribution in [3.8, 4) is 0 Å². The molecule has 2 heterocycles. The van der Waals surface area contributed by atoms with Crippen LogP contribution in [-0.4, -0.2) is 42.6 Å². The minimum Gasteiger partial charge on any atom is -0.481 e. The molecule has 0 unspecified atom stereocenters. The fourth-order valence-electron chi connectivity index (χ4n) is 3.66. The van der Waals surface area contributed by atoms with E-state index < -0.39 is 16.0 Å². The third-order valence-corrected chi connectivity index (χ3v) is 7.21. The van der Waals surface area contributed by atoms with Gasteiger partial charge in [-0.2, -0.15) is 4.98 Å². The first-order valence-corrected chi connectivity index (χ1v) is 12.6. The number of nitrogens with zero attached hydrogens (tertiary/aromatic N) is 3. The number of halogens is 1. The van der Waals surface area contributed by atoms with E-state index >= 15 is 0 Å². The smallest absolute Gasteiger partial charge is 0.306 e. The number of sulfonamides is 1. The van der Waals surface area contributed by atoms with Crippen molar-refractivity contribution >= 4 is 45.0 Å².